The molecule has 2 saturated carbocycles. The van der Waals surface area contributed by atoms with Crippen molar-refractivity contribution < 1.29 is 0 Å². The van der Waals surface area contributed by atoms with Crippen molar-refractivity contribution >= 4 is 0 Å². The van der Waals surface area contributed by atoms with Gasteiger partial charge in [0, 0.05) is 18.6 Å². The first kappa shape index (κ1) is 16.8. The van der Waals surface area contributed by atoms with Gasteiger partial charge in [0.15, 0.2) is 0 Å². The smallest absolute Gasteiger partial charge is 0.122 e. The third kappa shape index (κ3) is 4.20. The highest BCUT2D eigenvalue weighted by Crippen LogP contribution is 2.41. The molecule has 1 unspecified atom stereocenters. The zero-order chi connectivity index (χ0) is 15.5. The van der Waals surface area contributed by atoms with E-state index in [-0.39, 0.29) is 5.54 Å². The van der Waals surface area contributed by atoms with E-state index in [2.05, 4.69) is 44.1 Å². The number of nitrogens with one attached hydrogen (secondary N) is 1. The summed E-state index contributed by atoms with van der Waals surface area (Å²) in [7, 11) is 2.23. The third-order valence-electron chi connectivity index (χ3n) is 5.54. The molecule has 2 rings (SSSR count). The maximum atomic E-state index is 9.82. The molecule has 0 aromatic heterocycles. The van der Waals surface area contributed by atoms with E-state index in [0.29, 0.717) is 18.0 Å². The highest BCUT2D eigenvalue weighted by atomic mass is 15.2. The molecule has 1 atom stereocenters. The van der Waals surface area contributed by atoms with Gasteiger partial charge in [-0.3, -0.25) is 5.32 Å². The topological polar surface area (TPSA) is 39.1 Å². The summed E-state index contributed by atoms with van der Waals surface area (Å²) in [5.74, 6) is 1.49. The van der Waals surface area contributed by atoms with Crippen LogP contribution in [0.4, 0.5) is 0 Å². The molecule has 2 fully saturated rings. The van der Waals surface area contributed by atoms with Crippen LogP contribution in [0.5, 0.6) is 0 Å². The van der Waals surface area contributed by atoms with E-state index in [1.807, 2.05) is 0 Å². The van der Waals surface area contributed by atoms with Crippen LogP contribution in [0.2, 0.25) is 0 Å². The molecular weight excluding hydrogens is 258 g/mol. The largest absolute Gasteiger partial charge is 0.301 e. The minimum absolute atomic E-state index is 0.329. The van der Waals surface area contributed by atoms with Crippen LogP contribution in [0.1, 0.15) is 65.7 Å². The Balaban J connectivity index is 1.95. The first-order valence-electron chi connectivity index (χ1n) is 8.90. The van der Waals surface area contributed by atoms with E-state index in [1.54, 1.807) is 0 Å². The standard InChI is InChI=1S/C18H33N3/c1-5-15-6-10-17(11-7-15)21(4)13-18(12-19,16-8-9-16)20-14(2)3/h14-17,20H,5-11,13H2,1-4H3. The molecule has 0 aliphatic heterocycles. The van der Waals surface area contributed by atoms with Crippen LogP contribution < -0.4 is 5.32 Å². The molecule has 0 aromatic rings. The monoisotopic (exact) mass is 291 g/mol. The molecule has 0 saturated heterocycles. The highest BCUT2D eigenvalue weighted by Gasteiger charge is 2.47. The highest BCUT2D eigenvalue weighted by molar-refractivity contribution is 5.17. The Morgan fingerprint density at radius 1 is 1.19 bits per heavy atom. The number of hydrogen-bond acceptors (Lipinski definition) is 3. The Hall–Kier alpha value is -0.590. The van der Waals surface area contributed by atoms with Crippen molar-refractivity contribution in [1.29, 1.82) is 5.26 Å². The van der Waals surface area contributed by atoms with E-state index in [4.69, 9.17) is 0 Å². The van der Waals surface area contributed by atoms with Crippen molar-refractivity contribution in [3.63, 3.8) is 0 Å². The quantitative estimate of drug-likeness (QED) is 0.779. The van der Waals surface area contributed by atoms with Crippen LogP contribution in [0.15, 0.2) is 0 Å². The van der Waals surface area contributed by atoms with Crippen LogP contribution in [0.3, 0.4) is 0 Å². The van der Waals surface area contributed by atoms with Crippen LogP contribution in [-0.4, -0.2) is 36.1 Å². The van der Waals surface area contributed by atoms with E-state index in [9.17, 15) is 5.26 Å². The zero-order valence-electron chi connectivity index (χ0n) is 14.4. The summed E-state index contributed by atoms with van der Waals surface area (Å²) in [5, 5.41) is 13.4. The van der Waals surface area contributed by atoms with Crippen molar-refractivity contribution in [1.82, 2.24) is 10.2 Å². The van der Waals surface area contributed by atoms with Gasteiger partial charge in [0.25, 0.3) is 0 Å². The van der Waals surface area contributed by atoms with Gasteiger partial charge in [0.1, 0.15) is 5.54 Å². The number of hydrogen-bond donors (Lipinski definition) is 1. The molecule has 21 heavy (non-hydrogen) atoms. The van der Waals surface area contributed by atoms with Crippen LogP contribution in [0.25, 0.3) is 0 Å². The maximum absolute atomic E-state index is 9.82. The summed E-state index contributed by atoms with van der Waals surface area (Å²) in [6.07, 6.45) is 9.10. The minimum Gasteiger partial charge on any atom is -0.301 e. The van der Waals surface area contributed by atoms with Crippen LogP contribution in [0, 0.1) is 23.2 Å². The van der Waals surface area contributed by atoms with Crippen molar-refractivity contribution in [2.24, 2.45) is 11.8 Å². The van der Waals surface area contributed by atoms with Gasteiger partial charge < -0.3 is 4.90 Å². The van der Waals surface area contributed by atoms with Crippen molar-refractivity contribution in [3.8, 4) is 6.07 Å². The number of nitrogens with zero attached hydrogens (tertiary/aromatic N) is 2. The normalized spacial score (nSPS) is 29.4. The average molecular weight is 291 g/mol. The molecule has 120 valence electrons. The molecule has 1 N–H and O–H groups in total. The number of likely N-dealkylation sites (N-methyl/N-ethyl adjacent to an activating group) is 1. The van der Waals surface area contributed by atoms with Gasteiger partial charge >= 0.3 is 0 Å². The van der Waals surface area contributed by atoms with Crippen molar-refractivity contribution in [2.45, 2.75) is 83.3 Å². The first-order valence-corrected chi connectivity index (χ1v) is 8.90. The Morgan fingerprint density at radius 3 is 2.24 bits per heavy atom. The molecular formula is C18H33N3. The van der Waals surface area contributed by atoms with Crippen LogP contribution >= 0.6 is 0 Å². The number of nitriles is 1. The van der Waals surface area contributed by atoms with E-state index in [1.165, 1.54) is 44.9 Å². The van der Waals surface area contributed by atoms with Gasteiger partial charge in [-0.15, -0.1) is 0 Å². The fraction of sp³-hybridized carbons (Fsp3) is 0.944. The fourth-order valence-corrected chi connectivity index (χ4v) is 4.06. The second kappa shape index (κ2) is 7.11. The lowest BCUT2D eigenvalue weighted by Gasteiger charge is -2.40. The predicted molar refractivity (Wildman–Crippen MR) is 88.0 cm³/mol. The molecule has 0 bridgehead atoms. The molecule has 0 aromatic carbocycles. The third-order valence-corrected chi connectivity index (χ3v) is 5.54. The second-order valence-corrected chi connectivity index (χ2v) is 7.65. The predicted octanol–water partition coefficient (Wildman–Crippen LogP) is 3.56. The SMILES string of the molecule is CCC1CCC(N(C)CC(C#N)(NC(C)C)C2CC2)CC1. The van der Waals surface area contributed by atoms with Crippen LogP contribution in [-0.2, 0) is 0 Å². The van der Waals surface area contributed by atoms with Gasteiger partial charge in [-0.25, -0.2) is 0 Å². The second-order valence-electron chi connectivity index (χ2n) is 7.65. The molecule has 0 spiro atoms. The molecule has 2 aliphatic rings. The summed E-state index contributed by atoms with van der Waals surface area (Å²) in [6, 6.07) is 3.69. The fourth-order valence-electron chi connectivity index (χ4n) is 4.06. The summed E-state index contributed by atoms with van der Waals surface area (Å²) >= 11 is 0. The van der Waals surface area contributed by atoms with E-state index in [0.717, 1.165) is 12.5 Å². The minimum atomic E-state index is -0.329. The Morgan fingerprint density at radius 2 is 1.81 bits per heavy atom. The lowest BCUT2D eigenvalue weighted by atomic mass is 9.83. The number of rotatable bonds is 7. The summed E-state index contributed by atoms with van der Waals surface area (Å²) < 4.78 is 0. The molecule has 0 radical (unpaired) electrons. The van der Waals surface area contributed by atoms with E-state index < -0.39 is 0 Å². The maximum Gasteiger partial charge on any atom is 0.122 e. The molecule has 0 heterocycles. The van der Waals surface area contributed by atoms with Crippen molar-refractivity contribution in [3.05, 3.63) is 0 Å². The van der Waals surface area contributed by atoms with Gasteiger partial charge in [-0.2, -0.15) is 5.26 Å². The Kier molecular flexibility index (Phi) is 5.68. The van der Waals surface area contributed by atoms with Gasteiger partial charge in [-0.05, 0) is 71.3 Å². The summed E-state index contributed by atoms with van der Waals surface area (Å²) in [5.41, 5.74) is -0.329. The summed E-state index contributed by atoms with van der Waals surface area (Å²) in [6.45, 7) is 7.50. The Labute approximate surface area is 131 Å². The van der Waals surface area contributed by atoms with Gasteiger partial charge in [0.2, 0.25) is 0 Å². The first-order chi connectivity index (χ1) is 10.0. The molecule has 3 heteroatoms. The lowest BCUT2D eigenvalue weighted by Crippen LogP contribution is -2.57. The Bertz CT molecular complexity index is 361. The van der Waals surface area contributed by atoms with Gasteiger partial charge in [-0.1, -0.05) is 13.3 Å². The zero-order valence-corrected chi connectivity index (χ0v) is 14.4. The molecule has 0 amide bonds. The summed E-state index contributed by atoms with van der Waals surface area (Å²) in [4.78, 5) is 2.48. The van der Waals surface area contributed by atoms with Crippen molar-refractivity contribution in [2.75, 3.05) is 13.6 Å². The van der Waals surface area contributed by atoms with Gasteiger partial charge in [0.05, 0.1) is 6.07 Å². The average Bonchev–Trinajstić information content (AvgIpc) is 3.31. The lowest BCUT2D eigenvalue weighted by molar-refractivity contribution is 0.126. The molecule has 3 nitrogen and oxygen atoms in total. The van der Waals surface area contributed by atoms with E-state index >= 15 is 0 Å². The molecule has 2 aliphatic carbocycles.